The van der Waals surface area contributed by atoms with Crippen LogP contribution in [0.2, 0.25) is 10.0 Å². The third-order valence-corrected chi connectivity index (χ3v) is 5.51. The molecule has 0 aliphatic rings. The monoisotopic (exact) mass is 373 g/mol. The lowest BCUT2D eigenvalue weighted by molar-refractivity contribution is 0.340. The van der Waals surface area contributed by atoms with E-state index in [1.165, 1.54) is 12.1 Å². The van der Waals surface area contributed by atoms with E-state index in [0.717, 1.165) is 5.56 Å². The molecule has 0 saturated carbocycles. The molecule has 0 unspecified atom stereocenters. The van der Waals surface area contributed by atoms with Gasteiger partial charge in [-0.2, -0.15) is 0 Å². The number of hydrogen-bond donors (Lipinski definition) is 1. The number of sulfonamides is 1. The van der Waals surface area contributed by atoms with Gasteiger partial charge in [-0.3, -0.25) is 0 Å². The quantitative estimate of drug-likeness (QED) is 0.814. The molecule has 0 spiro atoms. The molecule has 2 aromatic rings. The average Bonchev–Trinajstić information content (AvgIpc) is 2.51. The standard InChI is InChI=1S/C16H17Cl2NO3S/c1-3-22-15-9-14(18)16(10-13(15)17)23(20,21)19-11(2)12-7-5-4-6-8-12/h4-11,19H,3H2,1-2H3/t11-/m1/s1. The number of benzene rings is 2. The Bertz CT molecular complexity index is 779. The second kappa shape index (κ2) is 7.53. The van der Waals surface area contributed by atoms with Crippen molar-refractivity contribution in [3.63, 3.8) is 0 Å². The molecule has 7 heteroatoms. The van der Waals surface area contributed by atoms with E-state index in [1.807, 2.05) is 30.3 Å². The molecule has 1 atom stereocenters. The highest BCUT2D eigenvalue weighted by atomic mass is 35.5. The predicted molar refractivity (Wildman–Crippen MR) is 92.8 cm³/mol. The Morgan fingerprint density at radius 2 is 1.78 bits per heavy atom. The lowest BCUT2D eigenvalue weighted by Crippen LogP contribution is -2.27. The van der Waals surface area contributed by atoms with E-state index in [9.17, 15) is 8.42 Å². The van der Waals surface area contributed by atoms with Crippen LogP contribution in [0, 0.1) is 0 Å². The first kappa shape index (κ1) is 18.1. The van der Waals surface area contributed by atoms with Gasteiger partial charge in [0.1, 0.15) is 10.6 Å². The second-order valence-electron chi connectivity index (χ2n) is 4.90. The summed E-state index contributed by atoms with van der Waals surface area (Å²) in [6, 6.07) is 11.6. The van der Waals surface area contributed by atoms with Gasteiger partial charge in [0.15, 0.2) is 0 Å². The van der Waals surface area contributed by atoms with Gasteiger partial charge in [-0.05, 0) is 25.5 Å². The summed E-state index contributed by atoms with van der Waals surface area (Å²) in [5.74, 6) is 0.356. The summed E-state index contributed by atoms with van der Waals surface area (Å²) in [5, 5.41) is 0.259. The Morgan fingerprint density at radius 1 is 1.13 bits per heavy atom. The normalized spacial score (nSPS) is 12.9. The fourth-order valence-electron chi connectivity index (χ4n) is 2.09. The van der Waals surface area contributed by atoms with Crippen LogP contribution in [0.5, 0.6) is 5.75 Å². The number of ether oxygens (including phenoxy) is 1. The summed E-state index contributed by atoms with van der Waals surface area (Å²) in [7, 11) is -3.81. The highest BCUT2D eigenvalue weighted by molar-refractivity contribution is 7.89. The van der Waals surface area contributed by atoms with Crippen molar-refractivity contribution in [2.24, 2.45) is 0 Å². The third-order valence-electron chi connectivity index (χ3n) is 3.21. The minimum absolute atomic E-state index is 0.0608. The van der Waals surface area contributed by atoms with Crippen LogP contribution in [-0.2, 0) is 10.0 Å². The molecule has 124 valence electrons. The van der Waals surface area contributed by atoms with Gasteiger partial charge in [-0.1, -0.05) is 53.5 Å². The maximum absolute atomic E-state index is 12.6. The maximum Gasteiger partial charge on any atom is 0.242 e. The van der Waals surface area contributed by atoms with Crippen LogP contribution in [0.4, 0.5) is 0 Å². The van der Waals surface area contributed by atoms with Crippen molar-refractivity contribution in [3.05, 3.63) is 58.1 Å². The number of halogens is 2. The number of rotatable bonds is 6. The van der Waals surface area contributed by atoms with Gasteiger partial charge in [0.2, 0.25) is 10.0 Å². The van der Waals surface area contributed by atoms with Crippen LogP contribution < -0.4 is 9.46 Å². The van der Waals surface area contributed by atoms with Gasteiger partial charge in [0, 0.05) is 12.1 Å². The number of hydrogen-bond acceptors (Lipinski definition) is 3. The predicted octanol–water partition coefficient (Wildman–Crippen LogP) is 4.43. The summed E-state index contributed by atoms with van der Waals surface area (Å²) < 4.78 is 33.0. The zero-order valence-electron chi connectivity index (χ0n) is 12.7. The van der Waals surface area contributed by atoms with E-state index in [-0.39, 0.29) is 14.9 Å². The van der Waals surface area contributed by atoms with Crippen molar-refractivity contribution >= 4 is 33.2 Å². The van der Waals surface area contributed by atoms with Crippen LogP contribution in [-0.4, -0.2) is 15.0 Å². The minimum Gasteiger partial charge on any atom is -0.492 e. The van der Waals surface area contributed by atoms with E-state index < -0.39 is 16.1 Å². The molecule has 0 heterocycles. The molecule has 1 N–H and O–H groups in total. The molecule has 0 aliphatic heterocycles. The zero-order chi connectivity index (χ0) is 17.0. The third kappa shape index (κ3) is 4.38. The molecule has 0 saturated heterocycles. The summed E-state index contributed by atoms with van der Waals surface area (Å²) in [6.45, 7) is 3.97. The van der Waals surface area contributed by atoms with Crippen LogP contribution in [0.25, 0.3) is 0 Å². The van der Waals surface area contributed by atoms with Gasteiger partial charge in [0.05, 0.1) is 16.7 Å². The second-order valence-corrected chi connectivity index (χ2v) is 7.40. The molecule has 2 aromatic carbocycles. The molecule has 0 aromatic heterocycles. The van der Waals surface area contributed by atoms with E-state index >= 15 is 0 Å². The minimum atomic E-state index is -3.81. The summed E-state index contributed by atoms with van der Waals surface area (Å²) in [4.78, 5) is -0.0737. The Kier molecular flexibility index (Phi) is 5.92. The SMILES string of the molecule is CCOc1cc(Cl)c(S(=O)(=O)N[C@H](C)c2ccccc2)cc1Cl. The van der Waals surface area contributed by atoms with Crippen molar-refractivity contribution in [3.8, 4) is 5.75 Å². The van der Waals surface area contributed by atoms with Crippen molar-refractivity contribution < 1.29 is 13.2 Å². The molecular weight excluding hydrogens is 357 g/mol. The first-order valence-electron chi connectivity index (χ1n) is 7.04. The fraction of sp³-hybridized carbons (Fsp3) is 0.250. The van der Waals surface area contributed by atoms with Gasteiger partial charge in [0.25, 0.3) is 0 Å². The average molecular weight is 374 g/mol. The van der Waals surface area contributed by atoms with Crippen molar-refractivity contribution in [1.82, 2.24) is 4.72 Å². The molecule has 4 nitrogen and oxygen atoms in total. The zero-order valence-corrected chi connectivity index (χ0v) is 15.0. The summed E-state index contributed by atoms with van der Waals surface area (Å²) in [5.41, 5.74) is 0.851. The van der Waals surface area contributed by atoms with Gasteiger partial charge >= 0.3 is 0 Å². The first-order valence-corrected chi connectivity index (χ1v) is 9.28. The van der Waals surface area contributed by atoms with Crippen LogP contribution >= 0.6 is 23.2 Å². The van der Waals surface area contributed by atoms with Crippen molar-refractivity contribution in [2.45, 2.75) is 24.8 Å². The van der Waals surface area contributed by atoms with Crippen molar-refractivity contribution in [1.29, 1.82) is 0 Å². The topological polar surface area (TPSA) is 55.4 Å². The first-order chi connectivity index (χ1) is 10.8. The van der Waals surface area contributed by atoms with E-state index in [1.54, 1.807) is 13.8 Å². The summed E-state index contributed by atoms with van der Waals surface area (Å²) >= 11 is 12.2. The van der Waals surface area contributed by atoms with Gasteiger partial charge in [-0.25, -0.2) is 13.1 Å². The van der Waals surface area contributed by atoms with E-state index in [4.69, 9.17) is 27.9 Å². The Morgan fingerprint density at radius 3 is 2.39 bits per heavy atom. The lowest BCUT2D eigenvalue weighted by Gasteiger charge is -2.16. The maximum atomic E-state index is 12.6. The van der Waals surface area contributed by atoms with E-state index in [2.05, 4.69) is 4.72 Å². The van der Waals surface area contributed by atoms with E-state index in [0.29, 0.717) is 12.4 Å². The molecular formula is C16H17Cl2NO3S. The molecule has 0 bridgehead atoms. The smallest absolute Gasteiger partial charge is 0.242 e. The van der Waals surface area contributed by atoms with Crippen molar-refractivity contribution in [2.75, 3.05) is 6.61 Å². The molecule has 0 amide bonds. The highest BCUT2D eigenvalue weighted by Gasteiger charge is 2.23. The molecule has 0 radical (unpaired) electrons. The Labute approximate surface area is 146 Å². The summed E-state index contributed by atoms with van der Waals surface area (Å²) in [6.07, 6.45) is 0. The van der Waals surface area contributed by atoms with Crippen LogP contribution in [0.1, 0.15) is 25.5 Å². The molecule has 23 heavy (non-hydrogen) atoms. The van der Waals surface area contributed by atoms with Gasteiger partial charge < -0.3 is 4.74 Å². The largest absolute Gasteiger partial charge is 0.492 e. The Balaban J connectivity index is 2.31. The molecule has 0 fully saturated rings. The Hall–Kier alpha value is -1.27. The molecule has 0 aliphatic carbocycles. The van der Waals surface area contributed by atoms with Gasteiger partial charge in [-0.15, -0.1) is 0 Å². The van der Waals surface area contributed by atoms with Crippen LogP contribution in [0.3, 0.4) is 0 Å². The van der Waals surface area contributed by atoms with Crippen LogP contribution in [0.15, 0.2) is 47.4 Å². The molecule has 2 rings (SSSR count). The highest BCUT2D eigenvalue weighted by Crippen LogP contribution is 2.34. The fourth-order valence-corrected chi connectivity index (χ4v) is 4.15. The number of nitrogens with one attached hydrogen (secondary N) is 1. The lowest BCUT2D eigenvalue weighted by atomic mass is 10.1.